The highest BCUT2D eigenvalue weighted by Crippen LogP contribution is 2.22. The number of carbonyl (C=O) groups excluding carboxylic acids is 2. The number of benzene rings is 1. The molecule has 0 unspecified atom stereocenters. The third-order valence-corrected chi connectivity index (χ3v) is 3.21. The highest BCUT2D eigenvalue weighted by molar-refractivity contribution is 6.21. The first-order valence-corrected chi connectivity index (χ1v) is 6.23. The largest absolute Gasteiger partial charge is 0.285 e. The van der Waals surface area contributed by atoms with Gasteiger partial charge in [-0.2, -0.15) is 5.26 Å². The predicted octanol–water partition coefficient (Wildman–Crippen LogP) is 1.48. The molecule has 1 aliphatic heterocycles. The van der Waals surface area contributed by atoms with Gasteiger partial charge in [0.1, 0.15) is 0 Å². The van der Waals surface area contributed by atoms with Crippen LogP contribution in [0.5, 0.6) is 0 Å². The topological polar surface area (TPSA) is 64.4 Å². The van der Waals surface area contributed by atoms with Gasteiger partial charge in [-0.25, -0.2) is 0 Å². The molecule has 0 fully saturated rings. The molecule has 2 amide bonds. The normalized spacial score (nSPS) is 13.8. The molecule has 5 heteroatoms. The molecule has 0 N–H and O–H groups in total. The second-order valence-electron chi connectivity index (χ2n) is 4.34. The predicted molar refractivity (Wildman–Crippen MR) is 69.3 cm³/mol. The Bertz CT molecular complexity index is 513. The maximum absolute atomic E-state index is 12.1. The van der Waals surface area contributed by atoms with Crippen LogP contribution in [0.25, 0.3) is 0 Å². The van der Waals surface area contributed by atoms with Crippen molar-refractivity contribution in [3.8, 4) is 6.07 Å². The number of hydrogen-bond acceptors (Lipinski definition) is 4. The summed E-state index contributed by atoms with van der Waals surface area (Å²) < 4.78 is 0. The van der Waals surface area contributed by atoms with E-state index < -0.39 is 0 Å². The van der Waals surface area contributed by atoms with Crippen LogP contribution >= 0.6 is 0 Å². The van der Waals surface area contributed by atoms with E-state index >= 15 is 0 Å². The molecule has 0 atom stereocenters. The molecule has 1 aromatic carbocycles. The number of rotatable bonds is 5. The summed E-state index contributed by atoms with van der Waals surface area (Å²) in [7, 11) is 0. The van der Waals surface area contributed by atoms with E-state index in [-0.39, 0.29) is 18.5 Å². The molecule has 0 radical (unpaired) electrons. The molecule has 1 aromatic rings. The van der Waals surface area contributed by atoms with E-state index in [9.17, 15) is 9.59 Å². The van der Waals surface area contributed by atoms with Gasteiger partial charge in [-0.3, -0.25) is 19.4 Å². The van der Waals surface area contributed by atoms with E-state index in [4.69, 9.17) is 5.26 Å². The molecule has 0 saturated carbocycles. The maximum Gasteiger partial charge on any atom is 0.262 e. The van der Waals surface area contributed by atoms with Crippen LogP contribution in [-0.2, 0) is 0 Å². The number of carbonyl (C=O) groups is 2. The Balaban J connectivity index is 2.13. The molecule has 0 bridgehead atoms. The number of nitriles is 1. The van der Waals surface area contributed by atoms with E-state index in [1.54, 1.807) is 24.3 Å². The van der Waals surface area contributed by atoms with Gasteiger partial charge in [-0.1, -0.05) is 19.1 Å². The van der Waals surface area contributed by atoms with Gasteiger partial charge < -0.3 is 0 Å². The Morgan fingerprint density at radius 1 is 1.21 bits per heavy atom. The van der Waals surface area contributed by atoms with Gasteiger partial charge in [0.25, 0.3) is 11.8 Å². The van der Waals surface area contributed by atoms with Crippen LogP contribution in [0.2, 0.25) is 0 Å². The van der Waals surface area contributed by atoms with Crippen molar-refractivity contribution in [2.24, 2.45) is 0 Å². The van der Waals surface area contributed by atoms with Gasteiger partial charge in [-0.15, -0.1) is 0 Å². The van der Waals surface area contributed by atoms with E-state index in [2.05, 4.69) is 6.07 Å². The summed E-state index contributed by atoms with van der Waals surface area (Å²) in [6.45, 7) is 3.43. The van der Waals surface area contributed by atoms with Gasteiger partial charge in [0.05, 0.1) is 23.9 Å². The maximum atomic E-state index is 12.1. The van der Waals surface area contributed by atoms with Crippen LogP contribution in [-0.4, -0.2) is 41.4 Å². The lowest BCUT2D eigenvalue weighted by atomic mass is 10.1. The minimum Gasteiger partial charge on any atom is -0.285 e. The standard InChI is InChI=1S/C14H15N3O2/c1-2-16(9-5-8-15)10-17-13(18)11-6-3-4-7-12(11)14(17)19/h3-4,6-7H,2,5,9-10H2,1H3. The molecule has 5 nitrogen and oxygen atoms in total. The zero-order valence-corrected chi connectivity index (χ0v) is 10.8. The van der Waals surface area contributed by atoms with Crippen LogP contribution in [0.1, 0.15) is 34.1 Å². The molecular formula is C14H15N3O2. The second-order valence-corrected chi connectivity index (χ2v) is 4.34. The first-order chi connectivity index (χ1) is 9.19. The third kappa shape index (κ3) is 2.49. The highest BCUT2D eigenvalue weighted by atomic mass is 16.2. The van der Waals surface area contributed by atoms with Crippen LogP contribution in [0.4, 0.5) is 0 Å². The van der Waals surface area contributed by atoms with Gasteiger partial charge >= 0.3 is 0 Å². The van der Waals surface area contributed by atoms with Gasteiger partial charge in [0.15, 0.2) is 0 Å². The minimum absolute atomic E-state index is 0.241. The number of amides is 2. The van der Waals surface area contributed by atoms with Gasteiger partial charge in [0.2, 0.25) is 0 Å². The van der Waals surface area contributed by atoms with Crippen LogP contribution in [0, 0.1) is 11.3 Å². The van der Waals surface area contributed by atoms with Gasteiger partial charge in [-0.05, 0) is 18.7 Å². The quantitative estimate of drug-likeness (QED) is 0.749. The minimum atomic E-state index is -0.254. The Morgan fingerprint density at radius 2 is 1.79 bits per heavy atom. The lowest BCUT2D eigenvalue weighted by Crippen LogP contribution is -2.41. The number of fused-ring (bicyclic) bond motifs is 1. The first kappa shape index (κ1) is 13.2. The number of imide groups is 1. The summed E-state index contributed by atoms with van der Waals surface area (Å²) in [4.78, 5) is 27.4. The lowest BCUT2D eigenvalue weighted by molar-refractivity contribution is 0.0549. The van der Waals surface area contributed by atoms with E-state index in [1.165, 1.54) is 4.90 Å². The Kier molecular flexibility index (Phi) is 3.93. The average molecular weight is 257 g/mol. The molecule has 0 aliphatic carbocycles. The number of nitrogens with zero attached hydrogens (tertiary/aromatic N) is 3. The fourth-order valence-electron chi connectivity index (χ4n) is 2.10. The fraction of sp³-hybridized carbons (Fsp3) is 0.357. The van der Waals surface area contributed by atoms with Crippen molar-refractivity contribution >= 4 is 11.8 Å². The Labute approximate surface area is 112 Å². The average Bonchev–Trinajstić information content (AvgIpc) is 2.68. The summed E-state index contributed by atoms with van der Waals surface area (Å²) in [6, 6.07) is 8.90. The summed E-state index contributed by atoms with van der Waals surface area (Å²) >= 11 is 0. The van der Waals surface area contributed by atoms with Crippen LogP contribution in [0.15, 0.2) is 24.3 Å². The van der Waals surface area contributed by atoms with E-state index in [0.717, 1.165) is 0 Å². The summed E-state index contributed by atoms with van der Waals surface area (Å²) in [5, 5.41) is 8.59. The second kappa shape index (κ2) is 5.63. The van der Waals surface area contributed by atoms with Crippen molar-refractivity contribution in [1.29, 1.82) is 5.26 Å². The molecule has 0 spiro atoms. The van der Waals surface area contributed by atoms with Crippen molar-refractivity contribution in [3.05, 3.63) is 35.4 Å². The van der Waals surface area contributed by atoms with Crippen molar-refractivity contribution in [1.82, 2.24) is 9.80 Å². The van der Waals surface area contributed by atoms with Crippen LogP contribution in [0.3, 0.4) is 0 Å². The molecule has 0 aromatic heterocycles. The van der Waals surface area contributed by atoms with Crippen LogP contribution < -0.4 is 0 Å². The number of hydrogen-bond donors (Lipinski definition) is 0. The van der Waals surface area contributed by atoms with Crippen molar-refractivity contribution in [3.63, 3.8) is 0 Å². The molecule has 1 heterocycles. The molecule has 1 aliphatic rings. The lowest BCUT2D eigenvalue weighted by Gasteiger charge is -2.24. The third-order valence-electron chi connectivity index (χ3n) is 3.21. The van der Waals surface area contributed by atoms with E-state index in [1.807, 2.05) is 11.8 Å². The zero-order valence-electron chi connectivity index (χ0n) is 10.8. The summed E-state index contributed by atoms with van der Waals surface area (Å²) in [5.41, 5.74) is 0.924. The molecule has 19 heavy (non-hydrogen) atoms. The zero-order chi connectivity index (χ0) is 13.8. The Hall–Kier alpha value is -2.19. The first-order valence-electron chi connectivity index (χ1n) is 6.23. The molecule has 2 rings (SSSR count). The summed E-state index contributed by atoms with van der Waals surface area (Å²) in [5.74, 6) is -0.507. The SMILES string of the molecule is CCN(CCC#N)CN1C(=O)c2ccccc2C1=O. The van der Waals surface area contributed by atoms with Gasteiger partial charge in [0, 0.05) is 13.0 Å². The highest BCUT2D eigenvalue weighted by Gasteiger charge is 2.35. The van der Waals surface area contributed by atoms with Crippen molar-refractivity contribution in [2.45, 2.75) is 13.3 Å². The van der Waals surface area contributed by atoms with Crippen molar-refractivity contribution in [2.75, 3.05) is 19.8 Å². The fourth-order valence-corrected chi connectivity index (χ4v) is 2.10. The monoisotopic (exact) mass is 257 g/mol. The summed E-state index contributed by atoms with van der Waals surface area (Å²) in [6.07, 6.45) is 0.386. The molecular weight excluding hydrogens is 242 g/mol. The molecule has 0 saturated heterocycles. The smallest absolute Gasteiger partial charge is 0.262 e. The van der Waals surface area contributed by atoms with Crippen molar-refractivity contribution < 1.29 is 9.59 Å². The molecule has 98 valence electrons. The van der Waals surface area contributed by atoms with E-state index in [0.29, 0.717) is 30.6 Å². The Morgan fingerprint density at radius 3 is 2.26 bits per heavy atom.